The van der Waals surface area contributed by atoms with E-state index in [-0.39, 0.29) is 17.9 Å². The summed E-state index contributed by atoms with van der Waals surface area (Å²) in [6, 6.07) is 12.0. The van der Waals surface area contributed by atoms with Crippen molar-refractivity contribution in [2.75, 3.05) is 0 Å². The van der Waals surface area contributed by atoms with Crippen LogP contribution < -0.4 is 10.1 Å². The van der Waals surface area contributed by atoms with Gasteiger partial charge in [-0.2, -0.15) is 0 Å². The van der Waals surface area contributed by atoms with Crippen LogP contribution in [0, 0.1) is 0 Å². The van der Waals surface area contributed by atoms with Gasteiger partial charge in [0, 0.05) is 17.7 Å². The van der Waals surface area contributed by atoms with Crippen molar-refractivity contribution in [1.29, 1.82) is 0 Å². The van der Waals surface area contributed by atoms with Gasteiger partial charge in [0.05, 0.1) is 5.69 Å². The van der Waals surface area contributed by atoms with Gasteiger partial charge >= 0.3 is 6.36 Å². The number of amides is 1. The molecular formula is C16H12F3N5O2. The SMILES string of the molecule is O=C(NCc1ccccc1OC(F)(F)F)c1ccc(-n2cnnn2)cc1. The number of alkyl halides is 3. The van der Waals surface area contributed by atoms with Gasteiger partial charge in [0.25, 0.3) is 5.91 Å². The van der Waals surface area contributed by atoms with E-state index in [1.165, 1.54) is 29.2 Å². The highest BCUT2D eigenvalue weighted by atomic mass is 19.4. The molecule has 26 heavy (non-hydrogen) atoms. The van der Waals surface area contributed by atoms with Gasteiger partial charge in [-0.15, -0.1) is 18.3 Å². The Morgan fingerprint density at radius 1 is 1.12 bits per heavy atom. The molecule has 2 aromatic carbocycles. The van der Waals surface area contributed by atoms with E-state index >= 15 is 0 Å². The Balaban J connectivity index is 1.66. The zero-order valence-corrected chi connectivity index (χ0v) is 13.1. The number of benzene rings is 2. The number of para-hydroxylation sites is 1. The lowest BCUT2D eigenvalue weighted by Crippen LogP contribution is -2.24. The summed E-state index contributed by atoms with van der Waals surface area (Å²) < 4.78 is 42.6. The zero-order valence-electron chi connectivity index (χ0n) is 13.1. The van der Waals surface area contributed by atoms with Crippen LogP contribution in [0.2, 0.25) is 0 Å². The minimum atomic E-state index is -4.80. The lowest BCUT2D eigenvalue weighted by Gasteiger charge is -2.13. The second-order valence-corrected chi connectivity index (χ2v) is 5.14. The van der Waals surface area contributed by atoms with E-state index in [1.54, 1.807) is 30.3 Å². The second kappa shape index (κ2) is 7.21. The summed E-state index contributed by atoms with van der Waals surface area (Å²) in [6.45, 7) is -0.111. The molecule has 0 radical (unpaired) electrons. The lowest BCUT2D eigenvalue weighted by molar-refractivity contribution is -0.274. The summed E-state index contributed by atoms with van der Waals surface area (Å²) in [4.78, 5) is 12.2. The molecule has 10 heteroatoms. The molecule has 1 amide bonds. The number of hydrogen-bond acceptors (Lipinski definition) is 5. The van der Waals surface area contributed by atoms with Gasteiger partial charge in [-0.05, 0) is 40.8 Å². The van der Waals surface area contributed by atoms with E-state index < -0.39 is 12.3 Å². The zero-order chi connectivity index (χ0) is 18.6. The molecule has 0 bridgehead atoms. The standard InChI is InChI=1S/C16H12F3N5O2/c17-16(18,19)26-14-4-2-1-3-12(14)9-20-15(25)11-5-7-13(8-6-11)24-10-21-22-23-24/h1-8,10H,9H2,(H,20,25). The number of ether oxygens (including phenoxy) is 1. The Morgan fingerprint density at radius 3 is 2.50 bits per heavy atom. The maximum Gasteiger partial charge on any atom is 0.573 e. The van der Waals surface area contributed by atoms with Crippen molar-refractivity contribution in [3.05, 3.63) is 66.0 Å². The van der Waals surface area contributed by atoms with Crippen molar-refractivity contribution < 1.29 is 22.7 Å². The first kappa shape index (κ1) is 17.4. The summed E-state index contributed by atoms with van der Waals surface area (Å²) in [6.07, 6.45) is -3.39. The first-order valence-corrected chi connectivity index (χ1v) is 7.38. The van der Waals surface area contributed by atoms with Crippen molar-refractivity contribution in [2.24, 2.45) is 0 Å². The van der Waals surface area contributed by atoms with Crippen LogP contribution >= 0.6 is 0 Å². The molecule has 134 valence electrons. The van der Waals surface area contributed by atoms with Crippen molar-refractivity contribution in [3.63, 3.8) is 0 Å². The summed E-state index contributed by atoms with van der Waals surface area (Å²) in [5, 5.41) is 13.3. The van der Waals surface area contributed by atoms with E-state index in [1.807, 2.05) is 0 Å². The highest BCUT2D eigenvalue weighted by Gasteiger charge is 2.31. The number of carbonyl (C=O) groups excluding carboxylic acids is 1. The van der Waals surface area contributed by atoms with Crippen molar-refractivity contribution in [1.82, 2.24) is 25.5 Å². The number of rotatable bonds is 5. The summed E-state index contributed by atoms with van der Waals surface area (Å²) in [7, 11) is 0. The van der Waals surface area contributed by atoms with Crippen LogP contribution in [0.1, 0.15) is 15.9 Å². The van der Waals surface area contributed by atoms with Crippen LogP contribution in [-0.2, 0) is 6.54 Å². The quantitative estimate of drug-likeness (QED) is 0.753. The molecule has 1 heterocycles. The number of nitrogens with one attached hydrogen (secondary N) is 1. The van der Waals surface area contributed by atoms with Crippen LogP contribution in [0.3, 0.4) is 0 Å². The first-order chi connectivity index (χ1) is 12.4. The van der Waals surface area contributed by atoms with Gasteiger partial charge in [-0.3, -0.25) is 4.79 Å². The fraction of sp³-hybridized carbons (Fsp3) is 0.125. The largest absolute Gasteiger partial charge is 0.573 e. The van der Waals surface area contributed by atoms with Crippen LogP contribution in [0.5, 0.6) is 5.75 Å². The molecule has 3 rings (SSSR count). The molecule has 0 atom stereocenters. The van der Waals surface area contributed by atoms with Gasteiger partial charge in [-0.1, -0.05) is 18.2 Å². The normalized spacial score (nSPS) is 11.2. The summed E-state index contributed by atoms with van der Waals surface area (Å²) >= 11 is 0. The average Bonchev–Trinajstić information content (AvgIpc) is 3.14. The topological polar surface area (TPSA) is 81.9 Å². The minimum Gasteiger partial charge on any atom is -0.405 e. The van der Waals surface area contributed by atoms with E-state index in [9.17, 15) is 18.0 Å². The molecule has 0 fully saturated rings. The molecular weight excluding hydrogens is 351 g/mol. The first-order valence-electron chi connectivity index (χ1n) is 7.38. The fourth-order valence-electron chi connectivity index (χ4n) is 2.20. The van der Waals surface area contributed by atoms with Crippen molar-refractivity contribution in [3.8, 4) is 11.4 Å². The molecule has 1 aromatic heterocycles. The van der Waals surface area contributed by atoms with Crippen LogP contribution in [-0.4, -0.2) is 32.5 Å². The minimum absolute atomic E-state index is 0.111. The van der Waals surface area contributed by atoms with E-state index in [0.29, 0.717) is 11.3 Å². The third kappa shape index (κ3) is 4.35. The maximum absolute atomic E-state index is 12.4. The molecule has 0 aliphatic rings. The highest BCUT2D eigenvalue weighted by Crippen LogP contribution is 2.26. The fourth-order valence-corrected chi connectivity index (χ4v) is 2.20. The Morgan fingerprint density at radius 2 is 1.85 bits per heavy atom. The third-order valence-electron chi connectivity index (χ3n) is 3.38. The average molecular weight is 363 g/mol. The summed E-state index contributed by atoms with van der Waals surface area (Å²) in [5.41, 5.74) is 1.22. The maximum atomic E-state index is 12.4. The van der Waals surface area contributed by atoms with Crippen molar-refractivity contribution >= 4 is 5.91 Å². The number of tetrazole rings is 1. The van der Waals surface area contributed by atoms with Gasteiger partial charge in [-0.25, -0.2) is 4.68 Å². The molecule has 0 spiro atoms. The monoisotopic (exact) mass is 363 g/mol. The number of halogens is 3. The molecule has 0 saturated heterocycles. The van der Waals surface area contributed by atoms with Crippen LogP contribution in [0.25, 0.3) is 5.69 Å². The van der Waals surface area contributed by atoms with Gasteiger partial charge in [0.2, 0.25) is 0 Å². The Labute approximate surface area is 145 Å². The molecule has 3 aromatic rings. The predicted octanol–water partition coefficient (Wildman–Crippen LogP) is 2.49. The summed E-state index contributed by atoms with van der Waals surface area (Å²) in [5.74, 6) is -0.788. The number of hydrogen-bond donors (Lipinski definition) is 1. The predicted molar refractivity (Wildman–Crippen MR) is 83.4 cm³/mol. The number of carbonyl (C=O) groups is 1. The second-order valence-electron chi connectivity index (χ2n) is 5.14. The van der Waals surface area contributed by atoms with E-state index in [0.717, 1.165) is 0 Å². The molecule has 7 nitrogen and oxygen atoms in total. The van der Waals surface area contributed by atoms with Gasteiger partial charge < -0.3 is 10.1 Å². The Bertz CT molecular complexity index is 880. The molecule has 1 N–H and O–H groups in total. The number of nitrogens with zero attached hydrogens (tertiary/aromatic N) is 4. The number of aromatic nitrogens is 4. The van der Waals surface area contributed by atoms with E-state index in [4.69, 9.17) is 0 Å². The molecule has 0 aliphatic carbocycles. The Hall–Kier alpha value is -3.43. The van der Waals surface area contributed by atoms with Crippen LogP contribution in [0.4, 0.5) is 13.2 Å². The molecule has 0 unspecified atom stereocenters. The van der Waals surface area contributed by atoms with Gasteiger partial charge in [0.1, 0.15) is 12.1 Å². The van der Waals surface area contributed by atoms with E-state index in [2.05, 4.69) is 25.6 Å². The highest BCUT2D eigenvalue weighted by molar-refractivity contribution is 5.94. The Kier molecular flexibility index (Phi) is 4.83. The lowest BCUT2D eigenvalue weighted by atomic mass is 10.1. The smallest absolute Gasteiger partial charge is 0.405 e. The molecule has 0 saturated carbocycles. The van der Waals surface area contributed by atoms with Crippen molar-refractivity contribution in [2.45, 2.75) is 12.9 Å². The van der Waals surface area contributed by atoms with Gasteiger partial charge in [0.15, 0.2) is 0 Å². The molecule has 0 aliphatic heterocycles. The third-order valence-corrected chi connectivity index (χ3v) is 3.38. The van der Waals surface area contributed by atoms with Crippen LogP contribution in [0.15, 0.2) is 54.9 Å².